The van der Waals surface area contributed by atoms with E-state index in [4.69, 9.17) is 9.47 Å². The molecule has 0 aromatic heterocycles. The molecule has 6 aliphatic heterocycles. The van der Waals surface area contributed by atoms with Crippen LogP contribution in [0.3, 0.4) is 0 Å². The third-order valence-electron chi connectivity index (χ3n) is 11.0. The van der Waals surface area contributed by atoms with Crippen LogP contribution in [0.5, 0.6) is 11.5 Å². The first-order valence-corrected chi connectivity index (χ1v) is 13.0. The molecular formula is C28H35N3O4. The van der Waals surface area contributed by atoms with Gasteiger partial charge in [0.1, 0.15) is 11.1 Å². The second kappa shape index (κ2) is 6.05. The average Bonchev–Trinajstić information content (AvgIpc) is 3.29. The molecule has 7 nitrogen and oxygen atoms in total. The second-order valence-electron chi connectivity index (χ2n) is 13.0. The molecule has 7 aliphatic rings. The predicted molar refractivity (Wildman–Crippen MR) is 131 cm³/mol. The Morgan fingerprint density at radius 2 is 1.91 bits per heavy atom. The minimum Gasteiger partial charge on any atom is -0.480 e. The third kappa shape index (κ3) is 2.16. The Morgan fingerprint density at radius 1 is 1.14 bits per heavy atom. The van der Waals surface area contributed by atoms with E-state index in [0.29, 0.717) is 29.5 Å². The molecule has 7 heteroatoms. The molecule has 5 fully saturated rings. The number of nitrogens with zero attached hydrogens (tertiary/aromatic N) is 2. The van der Waals surface area contributed by atoms with Crippen LogP contribution in [-0.4, -0.2) is 58.4 Å². The first kappa shape index (κ1) is 21.7. The zero-order chi connectivity index (χ0) is 24.8. The molecule has 2 bridgehead atoms. The molecule has 0 unspecified atom stereocenters. The predicted octanol–water partition coefficient (Wildman–Crippen LogP) is 3.68. The number of carbonyl (C=O) groups is 2. The van der Waals surface area contributed by atoms with Crippen molar-refractivity contribution in [3.63, 3.8) is 0 Å². The molecule has 8 rings (SSSR count). The van der Waals surface area contributed by atoms with Crippen LogP contribution in [0.1, 0.15) is 59.4 Å². The van der Waals surface area contributed by atoms with Gasteiger partial charge in [0.05, 0.1) is 22.9 Å². The van der Waals surface area contributed by atoms with E-state index in [-0.39, 0.29) is 28.7 Å². The number of rotatable bonds is 0. The van der Waals surface area contributed by atoms with E-state index in [1.165, 1.54) is 0 Å². The van der Waals surface area contributed by atoms with Crippen molar-refractivity contribution in [3.8, 4) is 11.5 Å². The lowest BCUT2D eigenvalue weighted by Crippen LogP contribution is -2.79. The molecule has 1 aromatic carbocycles. The van der Waals surface area contributed by atoms with E-state index in [1.54, 1.807) is 6.26 Å². The normalized spacial score (nSPS) is 41.6. The zero-order valence-corrected chi connectivity index (χ0v) is 21.5. The number of nitrogens with one attached hydrogen (secondary N) is 1. The monoisotopic (exact) mass is 477 g/mol. The van der Waals surface area contributed by atoms with Gasteiger partial charge in [0.15, 0.2) is 11.5 Å². The Hall–Kier alpha value is -2.54. The van der Waals surface area contributed by atoms with Crippen LogP contribution in [0.4, 0.5) is 5.69 Å². The lowest BCUT2D eigenvalue weighted by atomic mass is 9.56. The van der Waals surface area contributed by atoms with Gasteiger partial charge in [-0.15, -0.1) is 0 Å². The maximum absolute atomic E-state index is 14.1. The second-order valence-corrected chi connectivity index (χ2v) is 13.0. The average molecular weight is 478 g/mol. The highest BCUT2D eigenvalue weighted by atomic mass is 16.5. The molecule has 3 spiro atoms. The summed E-state index contributed by atoms with van der Waals surface area (Å²) in [7, 11) is 1.99. The number of fused-ring (bicyclic) bond motifs is 5. The van der Waals surface area contributed by atoms with Gasteiger partial charge in [0.2, 0.25) is 11.8 Å². The molecule has 1 N–H and O–H groups in total. The molecule has 1 aliphatic carbocycles. The first-order valence-electron chi connectivity index (χ1n) is 13.0. The number of anilines is 1. The fourth-order valence-corrected chi connectivity index (χ4v) is 9.05. The summed E-state index contributed by atoms with van der Waals surface area (Å²) in [6, 6.07) is 4.01. The van der Waals surface area contributed by atoms with Crippen molar-refractivity contribution >= 4 is 17.5 Å². The van der Waals surface area contributed by atoms with Crippen LogP contribution in [0.25, 0.3) is 0 Å². The van der Waals surface area contributed by atoms with Gasteiger partial charge in [-0.2, -0.15) is 0 Å². The number of piperazine rings is 1. The summed E-state index contributed by atoms with van der Waals surface area (Å²) >= 11 is 0. The van der Waals surface area contributed by atoms with Gasteiger partial charge in [-0.25, -0.2) is 0 Å². The summed E-state index contributed by atoms with van der Waals surface area (Å²) in [5.41, 5.74) is -0.714. The van der Waals surface area contributed by atoms with Crippen molar-refractivity contribution in [2.24, 2.45) is 17.3 Å². The molecule has 1 saturated carbocycles. The molecule has 5 atom stereocenters. The lowest BCUT2D eigenvalue weighted by Gasteiger charge is -2.65. The molecule has 0 radical (unpaired) electrons. The largest absolute Gasteiger partial charge is 0.480 e. The standard InChI is InChI=1S/C28H35N3O4/c1-16-9-11-31-15-26-14-27(25(4,5)19(26)13-28(16,31)23(33)30(26)6)17-7-8-18-21(20(17)29-22(27)32)34-12-10-24(2,3)35-18/h7-8,10,12,16,19H,9,11,13-15H2,1-6H3,(H,29,32)/t16-,19-,26+,27+,28+/m1/s1. The highest BCUT2D eigenvalue weighted by Gasteiger charge is 2.80. The van der Waals surface area contributed by atoms with Crippen LogP contribution in [0.15, 0.2) is 24.5 Å². The van der Waals surface area contributed by atoms with Gasteiger partial charge in [0, 0.05) is 13.6 Å². The highest BCUT2D eigenvalue weighted by Crippen LogP contribution is 2.72. The molecule has 186 valence electrons. The van der Waals surface area contributed by atoms with Crippen LogP contribution in [0, 0.1) is 17.3 Å². The molecule has 2 amide bonds. The Kier molecular flexibility index (Phi) is 3.75. The van der Waals surface area contributed by atoms with Crippen LogP contribution in [0.2, 0.25) is 0 Å². The molecule has 4 saturated heterocycles. The van der Waals surface area contributed by atoms with Crippen molar-refractivity contribution < 1.29 is 19.1 Å². The van der Waals surface area contributed by atoms with E-state index < -0.39 is 16.6 Å². The van der Waals surface area contributed by atoms with E-state index in [2.05, 4.69) is 42.0 Å². The fraction of sp³-hybridized carbons (Fsp3) is 0.643. The van der Waals surface area contributed by atoms with Crippen molar-refractivity contribution in [2.75, 3.05) is 25.5 Å². The van der Waals surface area contributed by atoms with Gasteiger partial charge in [-0.05, 0) is 74.6 Å². The van der Waals surface area contributed by atoms with Crippen molar-refractivity contribution in [1.29, 1.82) is 0 Å². The number of ether oxygens (including phenoxy) is 2. The number of amides is 2. The first-order chi connectivity index (χ1) is 16.4. The fourth-order valence-electron chi connectivity index (χ4n) is 9.05. The topological polar surface area (TPSA) is 71.1 Å². The number of hydrogen-bond donors (Lipinski definition) is 1. The highest BCUT2D eigenvalue weighted by molar-refractivity contribution is 6.09. The molecular weight excluding hydrogens is 442 g/mol. The molecule has 1 aromatic rings. The minimum atomic E-state index is -0.750. The number of carbonyl (C=O) groups excluding carboxylic acids is 2. The number of piperidine rings is 2. The maximum Gasteiger partial charge on any atom is 0.243 e. The van der Waals surface area contributed by atoms with E-state index in [0.717, 1.165) is 31.5 Å². The Bertz CT molecular complexity index is 1240. The molecule has 6 heterocycles. The number of likely N-dealkylation sites (N-methyl/N-ethyl adjacent to an activating group) is 1. The van der Waals surface area contributed by atoms with Gasteiger partial charge < -0.3 is 19.7 Å². The van der Waals surface area contributed by atoms with Gasteiger partial charge in [-0.3, -0.25) is 14.5 Å². The Balaban J connectivity index is 1.41. The Morgan fingerprint density at radius 3 is 2.69 bits per heavy atom. The van der Waals surface area contributed by atoms with Gasteiger partial charge in [0.25, 0.3) is 0 Å². The zero-order valence-electron chi connectivity index (χ0n) is 21.5. The molecule has 35 heavy (non-hydrogen) atoms. The van der Waals surface area contributed by atoms with Crippen molar-refractivity contribution in [3.05, 3.63) is 30.0 Å². The number of hydrogen-bond acceptors (Lipinski definition) is 5. The van der Waals surface area contributed by atoms with Crippen LogP contribution < -0.4 is 14.8 Å². The summed E-state index contributed by atoms with van der Waals surface area (Å²) < 4.78 is 12.3. The minimum absolute atomic E-state index is 0.0146. The maximum atomic E-state index is 14.1. The SMILES string of the molecule is C[C@@H]1CCN2C[C@@]34C[C@]5(C(=O)Nc6c5ccc5c6OC=CC(C)(C)O5)C(C)(C)[C@H]3C[C@@]12C(=O)N4C. The number of benzene rings is 1. The summed E-state index contributed by atoms with van der Waals surface area (Å²) in [6.45, 7) is 12.5. The van der Waals surface area contributed by atoms with Crippen molar-refractivity contribution in [1.82, 2.24) is 9.80 Å². The summed E-state index contributed by atoms with van der Waals surface area (Å²) in [4.78, 5) is 32.6. The summed E-state index contributed by atoms with van der Waals surface area (Å²) in [6.07, 6.45) is 6.05. The lowest BCUT2D eigenvalue weighted by molar-refractivity contribution is -0.189. The van der Waals surface area contributed by atoms with Crippen LogP contribution in [-0.2, 0) is 15.0 Å². The summed E-state index contributed by atoms with van der Waals surface area (Å²) in [5, 5.41) is 3.22. The summed E-state index contributed by atoms with van der Waals surface area (Å²) in [5.74, 6) is 2.01. The third-order valence-corrected chi connectivity index (χ3v) is 11.0. The van der Waals surface area contributed by atoms with Crippen molar-refractivity contribution in [2.45, 2.75) is 76.0 Å². The van der Waals surface area contributed by atoms with Gasteiger partial charge >= 0.3 is 0 Å². The smallest absolute Gasteiger partial charge is 0.243 e. The Labute approximate surface area is 206 Å². The quantitative estimate of drug-likeness (QED) is 0.617. The van der Waals surface area contributed by atoms with E-state index in [1.807, 2.05) is 33.0 Å². The van der Waals surface area contributed by atoms with E-state index in [9.17, 15) is 9.59 Å². The van der Waals surface area contributed by atoms with E-state index >= 15 is 0 Å². The van der Waals surface area contributed by atoms with Crippen LogP contribution >= 0.6 is 0 Å². The van der Waals surface area contributed by atoms with Gasteiger partial charge in [-0.1, -0.05) is 26.8 Å².